The van der Waals surface area contributed by atoms with Gasteiger partial charge >= 0.3 is 18.0 Å². The van der Waals surface area contributed by atoms with E-state index in [1.165, 1.54) is 18.4 Å². The van der Waals surface area contributed by atoms with Gasteiger partial charge in [-0.3, -0.25) is 19.3 Å². The van der Waals surface area contributed by atoms with Gasteiger partial charge in [-0.05, 0) is 142 Å². The molecule has 4 saturated carbocycles. The van der Waals surface area contributed by atoms with Crippen LogP contribution in [0.4, 0.5) is 4.79 Å². The molecule has 2 N–H and O–H groups in total. The number of Topliss-reactive ketones (excluding diaryl/α,β-unsaturated/α-hetero) is 1. The Labute approximate surface area is 306 Å². The van der Waals surface area contributed by atoms with Crippen LogP contribution in [-0.2, 0) is 23.9 Å². The maximum atomic E-state index is 13.9. The molecule has 3 unspecified atom stereocenters. The van der Waals surface area contributed by atoms with Crippen LogP contribution >= 0.6 is 0 Å². The molecule has 0 aromatic carbocycles. The van der Waals surface area contributed by atoms with Gasteiger partial charge in [-0.15, -0.1) is 0 Å². The van der Waals surface area contributed by atoms with E-state index in [1.54, 1.807) is 13.8 Å². The van der Waals surface area contributed by atoms with Gasteiger partial charge in [0, 0.05) is 18.4 Å². The number of hydrogen-bond acceptors (Lipinski definition) is 7. The lowest BCUT2D eigenvalue weighted by Crippen LogP contribution is -2.67. The van der Waals surface area contributed by atoms with Crippen LogP contribution in [-0.4, -0.2) is 71.7 Å². The van der Waals surface area contributed by atoms with Crippen LogP contribution in [0.2, 0.25) is 0 Å². The average molecular weight is 711 g/mol. The van der Waals surface area contributed by atoms with Gasteiger partial charge < -0.3 is 19.9 Å². The van der Waals surface area contributed by atoms with E-state index in [0.29, 0.717) is 24.9 Å². The normalized spacial score (nSPS) is 39.1. The van der Waals surface area contributed by atoms with E-state index in [4.69, 9.17) is 9.47 Å². The number of fused-ring (bicyclic) bond motifs is 7. The van der Waals surface area contributed by atoms with Gasteiger partial charge in [0.2, 0.25) is 0 Å². The second-order valence-corrected chi connectivity index (χ2v) is 19.8. The molecule has 9 heteroatoms. The maximum Gasteiger partial charge on any atom is 0.407 e. The molecule has 0 radical (unpaired) electrons. The Bertz CT molecular complexity index is 1460. The van der Waals surface area contributed by atoms with Crippen molar-refractivity contribution in [3.05, 3.63) is 11.1 Å². The zero-order valence-electron chi connectivity index (χ0n) is 33.0. The first-order valence-electron chi connectivity index (χ1n) is 20.1. The number of ketones is 1. The van der Waals surface area contributed by atoms with Crippen LogP contribution in [0.25, 0.3) is 0 Å². The Morgan fingerprint density at radius 2 is 1.61 bits per heavy atom. The molecule has 5 aliphatic carbocycles. The number of amides is 1. The molecule has 0 aromatic heterocycles. The highest BCUT2D eigenvalue weighted by atomic mass is 16.6. The highest BCUT2D eigenvalue weighted by Gasteiger charge is 2.70. The van der Waals surface area contributed by atoms with Crippen molar-refractivity contribution in [3.63, 3.8) is 0 Å². The number of carboxylic acid groups (broad SMARTS) is 1. The van der Waals surface area contributed by atoms with Crippen LogP contribution in [0.5, 0.6) is 0 Å². The fourth-order valence-electron chi connectivity index (χ4n) is 13.1. The Hall–Kier alpha value is -2.42. The van der Waals surface area contributed by atoms with Gasteiger partial charge in [-0.25, -0.2) is 4.79 Å². The molecule has 5 fully saturated rings. The Morgan fingerprint density at radius 1 is 0.922 bits per heavy atom. The number of esters is 1. The zero-order valence-corrected chi connectivity index (χ0v) is 33.0. The van der Waals surface area contributed by atoms with Crippen molar-refractivity contribution in [2.24, 2.45) is 50.7 Å². The van der Waals surface area contributed by atoms with Crippen LogP contribution in [0.3, 0.4) is 0 Å². The van der Waals surface area contributed by atoms with Crippen molar-refractivity contribution in [1.29, 1.82) is 0 Å². The molecule has 8 atom stereocenters. The number of carbonyl (C=O) groups is 4. The predicted molar refractivity (Wildman–Crippen MR) is 196 cm³/mol. The molecule has 0 spiro atoms. The van der Waals surface area contributed by atoms with Gasteiger partial charge in [0.1, 0.15) is 12.7 Å². The smallest absolute Gasteiger partial charge is 0.407 e. The van der Waals surface area contributed by atoms with E-state index in [0.717, 1.165) is 76.6 Å². The fraction of sp³-hybridized carbons (Fsp3) is 0.857. The van der Waals surface area contributed by atoms with Gasteiger partial charge in [0.15, 0.2) is 5.78 Å². The minimum atomic E-state index is -1.17. The number of nitrogens with one attached hydrogen (secondary N) is 1. The molecule has 6 rings (SSSR count). The molecule has 1 saturated heterocycles. The molecule has 9 nitrogen and oxygen atoms in total. The summed E-state index contributed by atoms with van der Waals surface area (Å²) in [4.78, 5) is 54.5. The van der Waals surface area contributed by atoms with E-state index in [1.807, 2.05) is 0 Å². The van der Waals surface area contributed by atoms with E-state index in [-0.39, 0.29) is 51.8 Å². The van der Waals surface area contributed by atoms with Crippen molar-refractivity contribution in [3.8, 4) is 0 Å². The number of aliphatic carboxylic acids is 1. The predicted octanol–water partition coefficient (Wildman–Crippen LogP) is 7.95. The van der Waals surface area contributed by atoms with Crippen molar-refractivity contribution in [1.82, 2.24) is 10.2 Å². The number of carboxylic acids is 1. The van der Waals surface area contributed by atoms with Crippen LogP contribution in [0.15, 0.2) is 11.1 Å². The molecule has 51 heavy (non-hydrogen) atoms. The number of likely N-dealkylation sites (tertiary alicyclic amines) is 1. The lowest BCUT2D eigenvalue weighted by Gasteiger charge is -2.72. The summed E-state index contributed by atoms with van der Waals surface area (Å²) in [5.74, 6) is -0.0950. The molecular formula is C42H66N2O7. The monoisotopic (exact) mass is 710 g/mol. The first-order chi connectivity index (χ1) is 23.7. The second-order valence-electron chi connectivity index (χ2n) is 19.8. The van der Waals surface area contributed by atoms with Crippen LogP contribution < -0.4 is 5.32 Å². The summed E-state index contributed by atoms with van der Waals surface area (Å²) in [5, 5.41) is 12.9. The summed E-state index contributed by atoms with van der Waals surface area (Å²) in [6, 6.07) is 0. The second kappa shape index (κ2) is 13.2. The maximum absolute atomic E-state index is 13.9. The first kappa shape index (κ1) is 38.3. The number of ether oxygens (including phenoxy) is 2. The molecule has 0 bridgehead atoms. The lowest BCUT2D eigenvalue weighted by molar-refractivity contribution is -0.232. The molecular weight excluding hydrogens is 644 g/mol. The average Bonchev–Trinajstić information content (AvgIpc) is 3.64. The van der Waals surface area contributed by atoms with Gasteiger partial charge in [0.25, 0.3) is 0 Å². The number of hydrogen-bond donors (Lipinski definition) is 2. The topological polar surface area (TPSA) is 122 Å². The van der Waals surface area contributed by atoms with Crippen molar-refractivity contribution in [2.75, 3.05) is 26.2 Å². The largest absolute Gasteiger partial charge is 0.481 e. The summed E-state index contributed by atoms with van der Waals surface area (Å²) in [5.41, 5.74) is 0.122. The number of nitrogens with zero attached hydrogens (tertiary/aromatic N) is 1. The number of rotatable bonds is 9. The first-order valence-corrected chi connectivity index (χ1v) is 20.1. The molecule has 286 valence electrons. The summed E-state index contributed by atoms with van der Waals surface area (Å²) >= 11 is 0. The summed E-state index contributed by atoms with van der Waals surface area (Å²) in [6.45, 7) is 22.7. The summed E-state index contributed by atoms with van der Waals surface area (Å²) in [6.07, 6.45) is 9.56. The highest BCUT2D eigenvalue weighted by molar-refractivity contribution is 6.02. The van der Waals surface area contributed by atoms with E-state index < -0.39 is 29.0 Å². The molecule has 0 aromatic rings. The Morgan fingerprint density at radius 3 is 2.25 bits per heavy atom. The SMILES string of the molecule is CC(C)C1=C2C3CCC4[C@@]5(C)CC[C@H](OC(=O)CC(C)(C)C(=O)O)C(C)(C)C5CC[C@@]4(C)[C@]3(C)CC[C@@]2(NC(=O)OCCN2CCCC2)CC1=O. The minimum Gasteiger partial charge on any atom is -0.481 e. The number of allylic oxidation sites excluding steroid dienone is 1. The molecule has 1 aliphatic heterocycles. The Kier molecular flexibility index (Phi) is 9.88. The van der Waals surface area contributed by atoms with Gasteiger partial charge in [-0.1, -0.05) is 48.5 Å². The van der Waals surface area contributed by atoms with Crippen molar-refractivity contribution in [2.45, 2.75) is 151 Å². The van der Waals surface area contributed by atoms with E-state index in [9.17, 15) is 24.3 Å². The van der Waals surface area contributed by atoms with Crippen LogP contribution in [0, 0.1) is 50.7 Å². The van der Waals surface area contributed by atoms with Gasteiger partial charge in [-0.2, -0.15) is 0 Å². The van der Waals surface area contributed by atoms with Crippen molar-refractivity contribution >= 4 is 23.8 Å². The van der Waals surface area contributed by atoms with E-state index in [2.05, 4.69) is 58.7 Å². The summed E-state index contributed by atoms with van der Waals surface area (Å²) in [7, 11) is 0. The Balaban J connectivity index is 1.24. The zero-order chi connectivity index (χ0) is 37.4. The van der Waals surface area contributed by atoms with Gasteiger partial charge in [0.05, 0.1) is 17.4 Å². The molecule has 1 heterocycles. The quantitative estimate of drug-likeness (QED) is 0.231. The fourth-order valence-corrected chi connectivity index (χ4v) is 13.1. The van der Waals surface area contributed by atoms with Crippen LogP contribution in [0.1, 0.15) is 139 Å². The number of carbonyl (C=O) groups excluding carboxylic acids is 3. The minimum absolute atomic E-state index is 0.0370. The highest BCUT2D eigenvalue weighted by Crippen LogP contribution is 2.76. The molecule has 1 amide bonds. The number of alkyl carbamates (subject to hydrolysis) is 1. The molecule has 6 aliphatic rings. The van der Waals surface area contributed by atoms with E-state index >= 15 is 0 Å². The third-order valence-electron chi connectivity index (χ3n) is 16.0. The third kappa shape index (κ3) is 6.17. The summed E-state index contributed by atoms with van der Waals surface area (Å²) < 4.78 is 11.9. The van der Waals surface area contributed by atoms with Crippen molar-refractivity contribution < 1.29 is 33.8 Å². The third-order valence-corrected chi connectivity index (χ3v) is 16.0. The lowest BCUT2D eigenvalue weighted by atomic mass is 9.33. The standard InChI is InChI=1S/C42H66N2O7/c1-26(2)33-28(45)24-42(43-36(49)50-23-22-44-20-10-11-21-44)19-18-40(8)27(34(33)42)12-13-30-39(7)16-15-31(51-32(46)25-37(3,4)35(47)48)38(5,6)29(39)14-17-41(30,40)9/h26-27,29-31H,10-25H2,1-9H3,(H,43,49)(H,47,48)/t27?,29?,30?,31-,39-,40+,41+,42+/m0/s1.